The Morgan fingerprint density at radius 3 is 2.94 bits per heavy atom. The number of rotatable bonds is 3. The number of benzene rings is 1. The maximum Gasteiger partial charge on any atom is 0.253 e. The number of carbonyl (C=O) groups is 1. The maximum atomic E-state index is 12.1. The fourth-order valence-electron chi connectivity index (χ4n) is 2.24. The molecule has 0 radical (unpaired) electrons. The third-order valence-corrected chi connectivity index (χ3v) is 3.86. The van der Waals surface area contributed by atoms with Crippen LogP contribution in [-0.4, -0.2) is 25.2 Å². The van der Waals surface area contributed by atoms with Crippen LogP contribution in [0.1, 0.15) is 29.6 Å². The predicted molar refractivity (Wildman–Crippen MR) is 74.6 cm³/mol. The molecule has 1 aliphatic rings. The third kappa shape index (κ3) is 3.19. The molecule has 1 aliphatic carbocycles. The van der Waals surface area contributed by atoms with Crippen molar-refractivity contribution in [1.82, 2.24) is 5.32 Å². The average molecular weight is 286 g/mol. The highest BCUT2D eigenvalue weighted by atomic mass is 35.5. The van der Waals surface area contributed by atoms with Crippen molar-refractivity contribution in [2.24, 2.45) is 0 Å². The van der Waals surface area contributed by atoms with Gasteiger partial charge < -0.3 is 10.1 Å². The number of halogens is 1. The summed E-state index contributed by atoms with van der Waals surface area (Å²) in [5, 5.41) is 3.44. The Labute approximate surface area is 117 Å². The summed E-state index contributed by atoms with van der Waals surface area (Å²) in [5.41, 5.74) is 0.477. The van der Waals surface area contributed by atoms with Crippen LogP contribution >= 0.6 is 24.2 Å². The monoisotopic (exact) mass is 285 g/mol. The lowest BCUT2D eigenvalue weighted by Gasteiger charge is -2.13. The third-order valence-electron chi connectivity index (χ3n) is 3.25. The number of thiol groups is 1. The first kappa shape index (κ1) is 13.7. The van der Waals surface area contributed by atoms with Crippen LogP contribution in [0, 0.1) is 0 Å². The molecule has 5 heteroatoms. The van der Waals surface area contributed by atoms with Crippen LogP contribution in [0.15, 0.2) is 23.1 Å². The van der Waals surface area contributed by atoms with E-state index in [0.717, 1.165) is 24.2 Å². The van der Waals surface area contributed by atoms with E-state index in [2.05, 4.69) is 17.9 Å². The number of hydrogen-bond donors (Lipinski definition) is 2. The molecule has 0 aromatic heterocycles. The van der Waals surface area contributed by atoms with Gasteiger partial charge in [0, 0.05) is 18.0 Å². The topological polar surface area (TPSA) is 38.3 Å². The molecule has 1 aromatic rings. The second kappa shape index (κ2) is 5.95. The summed E-state index contributed by atoms with van der Waals surface area (Å²) < 4.78 is 5.28. The van der Waals surface area contributed by atoms with E-state index in [1.165, 1.54) is 0 Å². The minimum Gasteiger partial charge on any atom is -0.381 e. The summed E-state index contributed by atoms with van der Waals surface area (Å²) in [6, 6.07) is 5.30. The molecule has 1 fully saturated rings. The zero-order valence-electron chi connectivity index (χ0n) is 10.1. The maximum absolute atomic E-state index is 12.1. The van der Waals surface area contributed by atoms with E-state index in [0.29, 0.717) is 10.6 Å². The van der Waals surface area contributed by atoms with Crippen molar-refractivity contribution in [2.75, 3.05) is 7.11 Å². The summed E-state index contributed by atoms with van der Waals surface area (Å²) in [7, 11) is 1.70. The Morgan fingerprint density at radius 2 is 2.28 bits per heavy atom. The molecule has 0 aliphatic heterocycles. The van der Waals surface area contributed by atoms with Gasteiger partial charge in [0.25, 0.3) is 5.91 Å². The normalized spacial score (nSPS) is 23.1. The summed E-state index contributed by atoms with van der Waals surface area (Å²) in [5.74, 6) is -0.141. The van der Waals surface area contributed by atoms with Crippen molar-refractivity contribution in [2.45, 2.75) is 36.3 Å². The molecule has 18 heavy (non-hydrogen) atoms. The van der Waals surface area contributed by atoms with Gasteiger partial charge in [-0.2, -0.15) is 0 Å². The van der Waals surface area contributed by atoms with Crippen LogP contribution in [0.3, 0.4) is 0 Å². The summed E-state index contributed by atoms with van der Waals surface area (Å²) in [6.07, 6.45) is 3.05. The van der Waals surface area contributed by atoms with Crippen molar-refractivity contribution < 1.29 is 9.53 Å². The molecule has 2 unspecified atom stereocenters. The van der Waals surface area contributed by atoms with Gasteiger partial charge in [-0.25, -0.2) is 0 Å². The molecular formula is C13H16ClNO2S. The van der Waals surface area contributed by atoms with Gasteiger partial charge in [0.1, 0.15) is 0 Å². The first-order valence-electron chi connectivity index (χ1n) is 5.92. The minimum absolute atomic E-state index is 0.141. The van der Waals surface area contributed by atoms with Crippen molar-refractivity contribution in [3.63, 3.8) is 0 Å². The number of amides is 1. The zero-order valence-corrected chi connectivity index (χ0v) is 11.8. The molecule has 0 bridgehead atoms. The minimum atomic E-state index is -0.141. The van der Waals surface area contributed by atoms with Gasteiger partial charge >= 0.3 is 0 Å². The van der Waals surface area contributed by atoms with Gasteiger partial charge in [-0.1, -0.05) is 11.6 Å². The van der Waals surface area contributed by atoms with Gasteiger partial charge in [0.15, 0.2) is 0 Å². The molecule has 3 nitrogen and oxygen atoms in total. The highest BCUT2D eigenvalue weighted by molar-refractivity contribution is 7.80. The molecule has 0 heterocycles. The molecule has 98 valence electrons. The van der Waals surface area contributed by atoms with Crippen LogP contribution in [-0.2, 0) is 4.74 Å². The zero-order chi connectivity index (χ0) is 13.1. The fraction of sp³-hybridized carbons (Fsp3) is 0.462. The molecule has 0 spiro atoms. The van der Waals surface area contributed by atoms with E-state index in [-0.39, 0.29) is 18.1 Å². The number of nitrogens with one attached hydrogen (secondary N) is 1. The quantitative estimate of drug-likeness (QED) is 0.838. The predicted octanol–water partition coefficient (Wildman–Crippen LogP) is 2.93. The first-order chi connectivity index (χ1) is 8.60. The SMILES string of the molecule is COC1CCC(NC(=O)c2cc(S)ccc2Cl)C1. The highest BCUT2D eigenvalue weighted by Crippen LogP contribution is 2.23. The lowest BCUT2D eigenvalue weighted by Crippen LogP contribution is -2.33. The number of carbonyl (C=O) groups excluding carboxylic acids is 1. The Balaban J connectivity index is 2.02. The van der Waals surface area contributed by atoms with Gasteiger partial charge in [0.05, 0.1) is 16.7 Å². The lowest BCUT2D eigenvalue weighted by atomic mass is 10.2. The molecule has 2 rings (SSSR count). The van der Waals surface area contributed by atoms with Gasteiger partial charge in [-0.15, -0.1) is 12.6 Å². The van der Waals surface area contributed by atoms with Crippen molar-refractivity contribution >= 4 is 30.1 Å². The van der Waals surface area contributed by atoms with Crippen molar-refractivity contribution in [3.05, 3.63) is 28.8 Å². The largest absolute Gasteiger partial charge is 0.381 e. The van der Waals surface area contributed by atoms with Crippen LogP contribution in [0.25, 0.3) is 0 Å². The highest BCUT2D eigenvalue weighted by Gasteiger charge is 2.26. The first-order valence-corrected chi connectivity index (χ1v) is 6.75. The lowest BCUT2D eigenvalue weighted by molar-refractivity contribution is 0.0915. The van der Waals surface area contributed by atoms with Gasteiger partial charge in [-0.3, -0.25) is 4.79 Å². The van der Waals surface area contributed by atoms with Crippen LogP contribution in [0.2, 0.25) is 5.02 Å². The van der Waals surface area contributed by atoms with Crippen LogP contribution < -0.4 is 5.32 Å². The Kier molecular flexibility index (Phi) is 4.54. The Bertz CT molecular complexity index is 453. The Hall–Kier alpha value is -0.710. The molecule has 1 aromatic carbocycles. The summed E-state index contributed by atoms with van der Waals surface area (Å²) in [6.45, 7) is 0. The number of hydrogen-bond acceptors (Lipinski definition) is 3. The fourth-order valence-corrected chi connectivity index (χ4v) is 2.64. The van der Waals surface area contributed by atoms with E-state index < -0.39 is 0 Å². The number of methoxy groups -OCH3 is 1. The second-order valence-electron chi connectivity index (χ2n) is 4.51. The summed E-state index contributed by atoms with van der Waals surface area (Å²) >= 11 is 10.2. The van der Waals surface area contributed by atoms with E-state index in [1.807, 2.05) is 0 Å². The van der Waals surface area contributed by atoms with Crippen molar-refractivity contribution in [1.29, 1.82) is 0 Å². The molecule has 0 saturated heterocycles. The van der Waals surface area contributed by atoms with E-state index in [4.69, 9.17) is 16.3 Å². The second-order valence-corrected chi connectivity index (χ2v) is 5.43. The van der Waals surface area contributed by atoms with Crippen molar-refractivity contribution in [3.8, 4) is 0 Å². The standard InChI is InChI=1S/C13H16ClNO2S/c1-17-9-3-2-8(6-9)15-13(16)11-7-10(18)4-5-12(11)14/h4-5,7-9,18H,2-3,6H2,1H3,(H,15,16). The van der Waals surface area contributed by atoms with Gasteiger partial charge in [0.2, 0.25) is 0 Å². The van der Waals surface area contributed by atoms with E-state index >= 15 is 0 Å². The van der Waals surface area contributed by atoms with E-state index in [1.54, 1.807) is 25.3 Å². The summed E-state index contributed by atoms with van der Waals surface area (Å²) in [4.78, 5) is 12.8. The Morgan fingerprint density at radius 1 is 1.50 bits per heavy atom. The molecule has 1 amide bonds. The molecule has 1 saturated carbocycles. The van der Waals surface area contributed by atoms with Crippen LogP contribution in [0.5, 0.6) is 0 Å². The number of ether oxygens (including phenoxy) is 1. The van der Waals surface area contributed by atoms with E-state index in [9.17, 15) is 4.79 Å². The molecule has 1 N–H and O–H groups in total. The average Bonchev–Trinajstić information content (AvgIpc) is 2.80. The molecule has 2 atom stereocenters. The van der Waals surface area contributed by atoms with Gasteiger partial charge in [-0.05, 0) is 37.5 Å². The van der Waals surface area contributed by atoms with Crippen LogP contribution in [0.4, 0.5) is 0 Å². The molecular weight excluding hydrogens is 270 g/mol. The smallest absolute Gasteiger partial charge is 0.253 e.